The summed E-state index contributed by atoms with van der Waals surface area (Å²) in [5, 5.41) is 14.6. The fraction of sp³-hybridized carbons (Fsp3) is 0.364. The normalized spacial score (nSPS) is 17.6. The van der Waals surface area contributed by atoms with E-state index >= 15 is 0 Å². The van der Waals surface area contributed by atoms with Crippen LogP contribution in [0.1, 0.15) is 6.42 Å². The van der Waals surface area contributed by atoms with Crippen LogP contribution in [-0.2, 0) is 0 Å². The zero-order chi connectivity index (χ0) is 13.0. The molecule has 0 aliphatic carbocycles. The fourth-order valence-corrected chi connectivity index (χ4v) is 2.17. The first-order valence-corrected chi connectivity index (χ1v) is 6.80. The van der Waals surface area contributed by atoms with Gasteiger partial charge < -0.3 is 10.2 Å². The molecule has 7 heteroatoms. The second-order valence-corrected chi connectivity index (χ2v) is 4.62. The summed E-state index contributed by atoms with van der Waals surface area (Å²) < 4.78 is 0. The molecule has 0 aromatic carbocycles. The molecule has 2 heterocycles. The lowest BCUT2D eigenvalue weighted by molar-refractivity contribution is -0.403. The number of nitro groups is 1. The fourth-order valence-electron chi connectivity index (χ4n) is 1.81. The highest BCUT2D eigenvalue weighted by molar-refractivity contribution is 7.98. The smallest absolute Gasteiger partial charge is 0.274 e. The summed E-state index contributed by atoms with van der Waals surface area (Å²) >= 11 is 1.57. The SMILES string of the molecule is CSc1ccc(N2CCCNC2=C[N+](=O)[O-])cn1. The second kappa shape index (κ2) is 5.72. The van der Waals surface area contributed by atoms with Crippen LogP contribution in [0.4, 0.5) is 5.69 Å². The first kappa shape index (κ1) is 12.7. The minimum Gasteiger partial charge on any atom is -0.366 e. The Morgan fingerprint density at radius 3 is 3.06 bits per heavy atom. The van der Waals surface area contributed by atoms with Gasteiger partial charge in [0, 0.05) is 13.1 Å². The summed E-state index contributed by atoms with van der Waals surface area (Å²) in [6.45, 7) is 1.51. The van der Waals surface area contributed by atoms with Crippen LogP contribution in [0, 0.1) is 10.1 Å². The third-order valence-corrected chi connectivity index (χ3v) is 3.28. The van der Waals surface area contributed by atoms with Crippen LogP contribution in [0.3, 0.4) is 0 Å². The Kier molecular flexibility index (Phi) is 4.03. The average molecular weight is 266 g/mol. The molecule has 0 atom stereocenters. The molecule has 96 valence electrons. The Morgan fingerprint density at radius 1 is 1.61 bits per heavy atom. The molecule has 1 aromatic heterocycles. The quantitative estimate of drug-likeness (QED) is 0.510. The first-order valence-electron chi connectivity index (χ1n) is 5.57. The van der Waals surface area contributed by atoms with E-state index in [0.29, 0.717) is 5.82 Å². The molecule has 0 spiro atoms. The van der Waals surface area contributed by atoms with Gasteiger partial charge in [0.1, 0.15) is 0 Å². The van der Waals surface area contributed by atoms with Gasteiger partial charge in [0.05, 0.1) is 21.8 Å². The van der Waals surface area contributed by atoms with Crippen molar-refractivity contribution >= 4 is 17.4 Å². The summed E-state index contributed by atoms with van der Waals surface area (Å²) in [6, 6.07) is 3.85. The Hall–Kier alpha value is -1.76. The third kappa shape index (κ3) is 2.92. The van der Waals surface area contributed by atoms with E-state index in [1.165, 1.54) is 0 Å². The number of pyridine rings is 1. The van der Waals surface area contributed by atoms with Gasteiger partial charge in [-0.15, -0.1) is 11.8 Å². The summed E-state index contributed by atoms with van der Waals surface area (Å²) in [5.74, 6) is 0.518. The van der Waals surface area contributed by atoms with Gasteiger partial charge in [-0.1, -0.05) is 0 Å². The highest BCUT2D eigenvalue weighted by atomic mass is 32.2. The van der Waals surface area contributed by atoms with E-state index in [4.69, 9.17) is 0 Å². The Bertz CT molecular complexity index is 461. The number of thioether (sulfide) groups is 1. The number of rotatable bonds is 3. The summed E-state index contributed by atoms with van der Waals surface area (Å²) in [6.07, 6.45) is 5.65. The topological polar surface area (TPSA) is 71.3 Å². The van der Waals surface area contributed by atoms with Gasteiger partial charge in [-0.3, -0.25) is 10.1 Å². The highest BCUT2D eigenvalue weighted by Gasteiger charge is 2.19. The summed E-state index contributed by atoms with van der Waals surface area (Å²) in [7, 11) is 0. The molecule has 0 unspecified atom stereocenters. The maximum atomic E-state index is 10.6. The lowest BCUT2D eigenvalue weighted by atomic mass is 10.2. The van der Waals surface area contributed by atoms with E-state index < -0.39 is 4.92 Å². The van der Waals surface area contributed by atoms with Gasteiger partial charge in [0.15, 0.2) is 5.82 Å². The molecule has 6 nitrogen and oxygen atoms in total. The van der Waals surface area contributed by atoms with Crippen LogP contribution in [0.2, 0.25) is 0 Å². The van der Waals surface area contributed by atoms with Crippen molar-refractivity contribution in [3.05, 3.63) is 40.5 Å². The maximum absolute atomic E-state index is 10.6. The molecule has 1 saturated heterocycles. The zero-order valence-corrected chi connectivity index (χ0v) is 10.8. The Balaban J connectivity index is 2.25. The Morgan fingerprint density at radius 2 is 2.44 bits per heavy atom. The van der Waals surface area contributed by atoms with Crippen LogP contribution in [0.25, 0.3) is 0 Å². The maximum Gasteiger partial charge on any atom is 0.274 e. The molecule has 0 amide bonds. The monoisotopic (exact) mass is 266 g/mol. The van der Waals surface area contributed by atoms with E-state index in [1.807, 2.05) is 23.3 Å². The number of hydrogen-bond donors (Lipinski definition) is 1. The van der Waals surface area contributed by atoms with Crippen molar-refractivity contribution in [3.8, 4) is 0 Å². The van der Waals surface area contributed by atoms with Gasteiger partial charge in [-0.2, -0.15) is 0 Å². The van der Waals surface area contributed by atoms with Crippen LogP contribution in [0.5, 0.6) is 0 Å². The average Bonchev–Trinajstić information content (AvgIpc) is 2.39. The van der Waals surface area contributed by atoms with E-state index in [1.54, 1.807) is 18.0 Å². The van der Waals surface area contributed by atoms with Crippen molar-refractivity contribution < 1.29 is 4.92 Å². The van der Waals surface area contributed by atoms with Crippen molar-refractivity contribution in [1.29, 1.82) is 0 Å². The molecular formula is C11H14N4O2S. The third-order valence-electron chi connectivity index (χ3n) is 2.62. The molecule has 1 aromatic rings. The molecule has 0 saturated carbocycles. The molecule has 0 radical (unpaired) electrons. The van der Waals surface area contributed by atoms with Gasteiger partial charge in [0.25, 0.3) is 6.20 Å². The Labute approximate surface area is 109 Å². The summed E-state index contributed by atoms with van der Waals surface area (Å²) in [5.41, 5.74) is 0.869. The van der Waals surface area contributed by atoms with Crippen molar-refractivity contribution in [1.82, 2.24) is 10.3 Å². The first-order chi connectivity index (χ1) is 8.70. The van der Waals surface area contributed by atoms with E-state index in [0.717, 1.165) is 36.4 Å². The number of hydrogen-bond acceptors (Lipinski definition) is 6. The molecular weight excluding hydrogens is 252 g/mol. The zero-order valence-electron chi connectivity index (χ0n) is 10.00. The van der Waals surface area contributed by atoms with Crippen molar-refractivity contribution in [2.24, 2.45) is 0 Å². The summed E-state index contributed by atoms with van der Waals surface area (Å²) in [4.78, 5) is 16.3. The predicted octanol–water partition coefficient (Wildman–Crippen LogP) is 1.68. The predicted molar refractivity (Wildman–Crippen MR) is 71.1 cm³/mol. The van der Waals surface area contributed by atoms with Gasteiger partial charge in [-0.25, -0.2) is 4.98 Å². The van der Waals surface area contributed by atoms with Crippen LogP contribution >= 0.6 is 11.8 Å². The number of nitrogens with one attached hydrogen (secondary N) is 1. The number of nitrogens with zero attached hydrogens (tertiary/aromatic N) is 3. The highest BCUT2D eigenvalue weighted by Crippen LogP contribution is 2.22. The van der Waals surface area contributed by atoms with Gasteiger partial charge >= 0.3 is 0 Å². The van der Waals surface area contributed by atoms with Gasteiger partial charge in [0.2, 0.25) is 0 Å². The standard InChI is InChI=1S/C11H14N4O2S/c1-18-11-4-3-9(7-13-11)14-6-2-5-12-10(14)8-15(16)17/h3-4,7-8,12H,2,5-6H2,1H3. The van der Waals surface area contributed by atoms with E-state index in [2.05, 4.69) is 10.3 Å². The van der Waals surface area contributed by atoms with Gasteiger partial charge in [-0.05, 0) is 24.8 Å². The van der Waals surface area contributed by atoms with E-state index in [-0.39, 0.29) is 0 Å². The largest absolute Gasteiger partial charge is 0.366 e. The number of aromatic nitrogens is 1. The molecule has 2 rings (SSSR count). The lowest BCUT2D eigenvalue weighted by Gasteiger charge is -2.30. The molecule has 1 aliphatic rings. The van der Waals surface area contributed by atoms with Crippen molar-refractivity contribution in [2.45, 2.75) is 11.4 Å². The van der Waals surface area contributed by atoms with E-state index in [9.17, 15) is 10.1 Å². The molecule has 1 N–H and O–H groups in total. The molecule has 1 fully saturated rings. The number of anilines is 1. The minimum absolute atomic E-state index is 0.440. The lowest BCUT2D eigenvalue weighted by Crippen LogP contribution is -2.39. The van der Waals surface area contributed by atoms with Crippen LogP contribution in [0.15, 0.2) is 35.4 Å². The minimum atomic E-state index is -0.440. The van der Waals surface area contributed by atoms with Crippen molar-refractivity contribution in [2.75, 3.05) is 24.2 Å². The molecule has 0 bridgehead atoms. The van der Waals surface area contributed by atoms with Crippen LogP contribution < -0.4 is 10.2 Å². The molecule has 18 heavy (non-hydrogen) atoms. The molecule has 1 aliphatic heterocycles. The van der Waals surface area contributed by atoms with Crippen LogP contribution in [-0.4, -0.2) is 29.3 Å². The van der Waals surface area contributed by atoms with Crippen molar-refractivity contribution in [3.63, 3.8) is 0 Å². The second-order valence-electron chi connectivity index (χ2n) is 3.79.